The van der Waals surface area contributed by atoms with Crippen molar-refractivity contribution in [2.24, 2.45) is 5.92 Å². The Morgan fingerprint density at radius 1 is 1.24 bits per heavy atom. The topological polar surface area (TPSA) is 41.1 Å². The van der Waals surface area contributed by atoms with Crippen LogP contribution in [0.5, 0.6) is 0 Å². The molecule has 1 aromatic carbocycles. The van der Waals surface area contributed by atoms with Crippen LogP contribution in [0.4, 0.5) is 5.69 Å². The van der Waals surface area contributed by atoms with Gasteiger partial charge in [-0.15, -0.1) is 0 Å². The molecule has 3 heteroatoms. The number of hydrogen-bond donors (Lipinski definition) is 2. The first-order valence-electron chi connectivity index (χ1n) is 6.44. The first-order valence-corrected chi connectivity index (χ1v) is 6.44. The Hall–Kier alpha value is -1.35. The summed E-state index contributed by atoms with van der Waals surface area (Å²) in [4.78, 5) is 11.6. The van der Waals surface area contributed by atoms with Gasteiger partial charge in [-0.2, -0.15) is 0 Å². The highest BCUT2D eigenvalue weighted by atomic mass is 16.2. The van der Waals surface area contributed by atoms with Crippen LogP contribution in [0.1, 0.15) is 31.2 Å². The van der Waals surface area contributed by atoms with E-state index in [4.69, 9.17) is 0 Å². The Balaban J connectivity index is 1.58. The molecule has 0 radical (unpaired) electrons. The molecule has 0 bridgehead atoms. The number of carbonyl (C=O) groups excluding carboxylic acids is 1. The summed E-state index contributed by atoms with van der Waals surface area (Å²) < 4.78 is 0. The molecular formula is C14H18N2O. The summed E-state index contributed by atoms with van der Waals surface area (Å²) in [6, 6.07) is 8.85. The first-order chi connectivity index (χ1) is 8.31. The Kier molecular flexibility index (Phi) is 2.85. The number of hydrogen-bond acceptors (Lipinski definition) is 2. The zero-order chi connectivity index (χ0) is 11.7. The van der Waals surface area contributed by atoms with Gasteiger partial charge >= 0.3 is 0 Å². The second-order valence-corrected chi connectivity index (χ2v) is 5.12. The molecule has 17 heavy (non-hydrogen) atoms. The Bertz CT molecular complexity index is 422. The minimum atomic E-state index is 0.178. The number of carbonyl (C=O) groups is 1. The molecule has 3 nitrogen and oxygen atoms in total. The fourth-order valence-electron chi connectivity index (χ4n) is 1.90. The van der Waals surface area contributed by atoms with Crippen LogP contribution in [-0.4, -0.2) is 11.9 Å². The number of rotatable bonds is 5. The zero-order valence-electron chi connectivity index (χ0n) is 9.91. The van der Waals surface area contributed by atoms with Crippen molar-refractivity contribution in [3.05, 3.63) is 29.8 Å². The van der Waals surface area contributed by atoms with Crippen molar-refractivity contribution in [1.82, 2.24) is 5.32 Å². The average molecular weight is 230 g/mol. The first kappa shape index (κ1) is 10.8. The SMILES string of the molecule is O=C(Nc1cccc(CNC2CC2)c1)C1CC1. The molecule has 0 atom stereocenters. The van der Waals surface area contributed by atoms with Crippen molar-refractivity contribution in [2.45, 2.75) is 38.3 Å². The molecule has 0 aliphatic heterocycles. The summed E-state index contributed by atoms with van der Waals surface area (Å²) >= 11 is 0. The van der Waals surface area contributed by atoms with Gasteiger partial charge in [0.15, 0.2) is 0 Å². The molecule has 2 saturated carbocycles. The lowest BCUT2D eigenvalue weighted by Gasteiger charge is -2.07. The lowest BCUT2D eigenvalue weighted by Crippen LogP contribution is -2.16. The van der Waals surface area contributed by atoms with E-state index in [1.54, 1.807) is 0 Å². The number of nitrogens with one attached hydrogen (secondary N) is 2. The predicted molar refractivity (Wildman–Crippen MR) is 67.7 cm³/mol. The van der Waals surface area contributed by atoms with Gasteiger partial charge in [0.25, 0.3) is 0 Å². The standard InChI is InChI=1S/C14H18N2O/c17-14(11-4-5-11)16-13-3-1-2-10(8-13)9-15-12-6-7-12/h1-3,8,11-12,15H,4-7,9H2,(H,16,17). The number of anilines is 1. The second-order valence-electron chi connectivity index (χ2n) is 5.12. The van der Waals surface area contributed by atoms with Crippen LogP contribution in [-0.2, 0) is 11.3 Å². The van der Waals surface area contributed by atoms with Crippen LogP contribution in [0.25, 0.3) is 0 Å². The quantitative estimate of drug-likeness (QED) is 0.815. The van der Waals surface area contributed by atoms with Gasteiger partial charge in [-0.3, -0.25) is 4.79 Å². The molecule has 2 fully saturated rings. The van der Waals surface area contributed by atoms with Crippen LogP contribution in [0.3, 0.4) is 0 Å². The Labute approximate surface area is 102 Å². The smallest absolute Gasteiger partial charge is 0.227 e. The number of benzene rings is 1. The average Bonchev–Trinajstić information content (AvgIpc) is 3.17. The van der Waals surface area contributed by atoms with Gasteiger partial charge in [0.1, 0.15) is 0 Å². The molecule has 3 rings (SSSR count). The Morgan fingerprint density at radius 2 is 2.06 bits per heavy atom. The van der Waals surface area contributed by atoms with Gasteiger partial charge < -0.3 is 10.6 Å². The normalized spacial score (nSPS) is 19.1. The highest BCUT2D eigenvalue weighted by Gasteiger charge is 2.29. The van der Waals surface area contributed by atoms with E-state index in [1.807, 2.05) is 12.1 Å². The molecular weight excluding hydrogens is 212 g/mol. The van der Waals surface area contributed by atoms with Crippen molar-refractivity contribution in [3.8, 4) is 0 Å². The summed E-state index contributed by atoms with van der Waals surface area (Å²) in [5, 5.41) is 6.46. The fraction of sp³-hybridized carbons (Fsp3) is 0.500. The van der Waals surface area contributed by atoms with Crippen molar-refractivity contribution >= 4 is 11.6 Å². The van der Waals surface area contributed by atoms with E-state index in [1.165, 1.54) is 18.4 Å². The molecule has 2 aliphatic carbocycles. The Morgan fingerprint density at radius 3 is 2.76 bits per heavy atom. The van der Waals surface area contributed by atoms with Crippen LogP contribution in [0.15, 0.2) is 24.3 Å². The van der Waals surface area contributed by atoms with Crippen LogP contribution < -0.4 is 10.6 Å². The van der Waals surface area contributed by atoms with Gasteiger partial charge in [0.05, 0.1) is 0 Å². The maximum absolute atomic E-state index is 11.6. The number of amides is 1. The third kappa shape index (κ3) is 3.07. The lowest BCUT2D eigenvalue weighted by molar-refractivity contribution is -0.117. The van der Waals surface area contributed by atoms with E-state index in [-0.39, 0.29) is 11.8 Å². The highest BCUT2D eigenvalue weighted by molar-refractivity contribution is 5.94. The molecule has 0 spiro atoms. The highest BCUT2D eigenvalue weighted by Crippen LogP contribution is 2.30. The van der Waals surface area contributed by atoms with Crippen molar-refractivity contribution < 1.29 is 4.79 Å². The van der Waals surface area contributed by atoms with Crippen LogP contribution in [0.2, 0.25) is 0 Å². The monoisotopic (exact) mass is 230 g/mol. The molecule has 0 heterocycles. The minimum absolute atomic E-state index is 0.178. The second kappa shape index (κ2) is 4.49. The lowest BCUT2D eigenvalue weighted by atomic mass is 10.2. The molecule has 1 aromatic rings. The third-order valence-electron chi connectivity index (χ3n) is 3.31. The molecule has 0 aromatic heterocycles. The summed E-state index contributed by atoms with van der Waals surface area (Å²) in [6.07, 6.45) is 4.71. The fourth-order valence-corrected chi connectivity index (χ4v) is 1.90. The van der Waals surface area contributed by atoms with Gasteiger partial charge in [0.2, 0.25) is 5.91 Å². The van der Waals surface area contributed by atoms with Gasteiger partial charge in [0, 0.05) is 24.2 Å². The van der Waals surface area contributed by atoms with E-state index in [0.717, 1.165) is 31.1 Å². The third-order valence-corrected chi connectivity index (χ3v) is 3.31. The van der Waals surface area contributed by atoms with Gasteiger partial charge in [-0.05, 0) is 43.4 Å². The summed E-state index contributed by atoms with van der Waals surface area (Å²) in [7, 11) is 0. The van der Waals surface area contributed by atoms with E-state index >= 15 is 0 Å². The van der Waals surface area contributed by atoms with Crippen molar-refractivity contribution in [1.29, 1.82) is 0 Å². The molecule has 90 valence electrons. The molecule has 1 amide bonds. The molecule has 0 saturated heterocycles. The minimum Gasteiger partial charge on any atom is -0.326 e. The van der Waals surface area contributed by atoms with E-state index < -0.39 is 0 Å². The van der Waals surface area contributed by atoms with E-state index in [2.05, 4.69) is 22.8 Å². The molecule has 0 unspecified atom stereocenters. The molecule has 2 N–H and O–H groups in total. The van der Waals surface area contributed by atoms with Gasteiger partial charge in [-0.25, -0.2) is 0 Å². The summed E-state index contributed by atoms with van der Waals surface area (Å²) in [5.41, 5.74) is 2.17. The maximum atomic E-state index is 11.6. The van der Waals surface area contributed by atoms with E-state index in [0.29, 0.717) is 0 Å². The summed E-state index contributed by atoms with van der Waals surface area (Å²) in [6.45, 7) is 0.901. The van der Waals surface area contributed by atoms with Crippen molar-refractivity contribution in [3.63, 3.8) is 0 Å². The van der Waals surface area contributed by atoms with E-state index in [9.17, 15) is 4.79 Å². The maximum Gasteiger partial charge on any atom is 0.227 e. The van der Waals surface area contributed by atoms with Crippen LogP contribution in [0, 0.1) is 5.92 Å². The van der Waals surface area contributed by atoms with Gasteiger partial charge in [-0.1, -0.05) is 12.1 Å². The largest absolute Gasteiger partial charge is 0.326 e. The molecule has 2 aliphatic rings. The zero-order valence-corrected chi connectivity index (χ0v) is 9.91. The predicted octanol–water partition coefficient (Wildman–Crippen LogP) is 2.29. The summed E-state index contributed by atoms with van der Waals surface area (Å²) in [5.74, 6) is 0.445. The van der Waals surface area contributed by atoms with Crippen LogP contribution >= 0.6 is 0 Å². The van der Waals surface area contributed by atoms with Crippen molar-refractivity contribution in [2.75, 3.05) is 5.32 Å².